The fraction of sp³-hybridized carbons (Fsp3) is 0.217. The minimum Gasteiger partial charge on any atom is -0.497 e. The fourth-order valence-corrected chi connectivity index (χ4v) is 3.14. The average Bonchev–Trinajstić information content (AvgIpc) is 2.81. The van der Waals surface area contributed by atoms with Crippen molar-refractivity contribution in [3.05, 3.63) is 75.8 Å². The van der Waals surface area contributed by atoms with Gasteiger partial charge in [-0.15, -0.1) is 0 Å². The molecule has 0 spiro atoms. The maximum atomic E-state index is 12.5. The molecule has 0 fully saturated rings. The van der Waals surface area contributed by atoms with Gasteiger partial charge < -0.3 is 19.1 Å². The number of hydrogen-bond donors (Lipinski definition) is 0. The van der Waals surface area contributed by atoms with Crippen LogP contribution in [0.25, 0.3) is 10.8 Å². The van der Waals surface area contributed by atoms with Gasteiger partial charge in [0.05, 0.1) is 19.1 Å². The first-order valence-corrected chi connectivity index (χ1v) is 9.62. The Morgan fingerprint density at radius 2 is 1.69 bits per heavy atom. The number of carbonyl (C=O) groups is 2. The van der Waals surface area contributed by atoms with Crippen LogP contribution in [0.1, 0.15) is 15.9 Å². The molecule has 0 heterocycles. The van der Waals surface area contributed by atoms with Crippen molar-refractivity contribution in [2.45, 2.75) is 6.54 Å². The lowest BCUT2D eigenvalue weighted by Gasteiger charge is -2.18. The molecule has 9 nitrogen and oxygen atoms in total. The number of nitro benzene ring substituents is 1. The molecule has 0 saturated carbocycles. The molecule has 0 aliphatic rings. The number of rotatable bonds is 8. The molecule has 0 aromatic heterocycles. The first-order valence-electron chi connectivity index (χ1n) is 9.62. The van der Waals surface area contributed by atoms with Crippen LogP contribution < -0.4 is 9.47 Å². The normalized spacial score (nSPS) is 10.5. The van der Waals surface area contributed by atoms with Crippen LogP contribution in [-0.2, 0) is 16.1 Å². The van der Waals surface area contributed by atoms with Gasteiger partial charge in [-0.2, -0.15) is 0 Å². The topological polar surface area (TPSA) is 108 Å². The van der Waals surface area contributed by atoms with Gasteiger partial charge in [-0.1, -0.05) is 18.2 Å². The van der Waals surface area contributed by atoms with E-state index >= 15 is 0 Å². The highest BCUT2D eigenvalue weighted by atomic mass is 16.6. The number of nitro groups is 1. The Morgan fingerprint density at radius 3 is 2.38 bits per heavy atom. The number of carbonyl (C=O) groups excluding carboxylic acids is 2. The minimum absolute atomic E-state index is 0.120. The van der Waals surface area contributed by atoms with Gasteiger partial charge in [0.2, 0.25) is 0 Å². The molecule has 0 N–H and O–H groups in total. The van der Waals surface area contributed by atoms with Crippen molar-refractivity contribution in [2.24, 2.45) is 0 Å². The second-order valence-corrected chi connectivity index (χ2v) is 7.02. The molecule has 0 unspecified atom stereocenters. The number of benzene rings is 3. The van der Waals surface area contributed by atoms with E-state index in [0.717, 1.165) is 28.2 Å². The number of hydrogen-bond acceptors (Lipinski definition) is 7. The molecule has 0 aliphatic carbocycles. The summed E-state index contributed by atoms with van der Waals surface area (Å²) in [6.45, 7) is -0.190. The van der Waals surface area contributed by atoms with Crippen molar-refractivity contribution in [3.8, 4) is 11.5 Å². The van der Waals surface area contributed by atoms with E-state index in [1.54, 1.807) is 14.2 Å². The largest absolute Gasteiger partial charge is 0.497 e. The SMILES string of the molecule is COc1ccc2cc(CN(C)C(=O)COC(=O)c3cc([N+](=O)[O-])ccc3OC)ccc2c1. The van der Waals surface area contributed by atoms with E-state index in [1.807, 2.05) is 36.4 Å². The van der Waals surface area contributed by atoms with Crippen molar-refractivity contribution in [1.82, 2.24) is 4.90 Å². The second-order valence-electron chi connectivity index (χ2n) is 7.02. The summed E-state index contributed by atoms with van der Waals surface area (Å²) >= 11 is 0. The molecular weight excluding hydrogens is 416 g/mol. The lowest BCUT2D eigenvalue weighted by atomic mass is 10.1. The van der Waals surface area contributed by atoms with E-state index in [2.05, 4.69) is 0 Å². The molecule has 0 aliphatic heterocycles. The molecular formula is C23H22N2O7. The summed E-state index contributed by atoms with van der Waals surface area (Å²) < 4.78 is 15.4. The lowest BCUT2D eigenvalue weighted by Crippen LogP contribution is -2.30. The van der Waals surface area contributed by atoms with E-state index in [-0.39, 0.29) is 17.0 Å². The molecule has 32 heavy (non-hydrogen) atoms. The van der Waals surface area contributed by atoms with E-state index in [1.165, 1.54) is 24.1 Å². The van der Waals surface area contributed by atoms with Crippen LogP contribution in [0.15, 0.2) is 54.6 Å². The number of esters is 1. The standard InChI is InChI=1S/C23H22N2O7/c1-24(13-15-4-5-17-11-19(30-2)8-6-16(17)10-15)22(26)14-32-23(27)20-12-18(25(28)29)7-9-21(20)31-3/h4-12H,13-14H2,1-3H3. The summed E-state index contributed by atoms with van der Waals surface area (Å²) in [4.78, 5) is 36.6. The maximum absolute atomic E-state index is 12.5. The molecule has 3 rings (SSSR count). The van der Waals surface area contributed by atoms with Crippen molar-refractivity contribution >= 4 is 28.3 Å². The predicted octanol–water partition coefficient (Wildman–Crippen LogP) is 3.58. The summed E-state index contributed by atoms with van der Waals surface area (Å²) in [5.74, 6) is -0.418. The van der Waals surface area contributed by atoms with Crippen LogP contribution in [0.2, 0.25) is 0 Å². The Bertz CT molecular complexity index is 1180. The van der Waals surface area contributed by atoms with Gasteiger partial charge in [0, 0.05) is 25.7 Å². The number of ether oxygens (including phenoxy) is 3. The zero-order valence-corrected chi connectivity index (χ0v) is 17.9. The smallest absolute Gasteiger partial charge is 0.342 e. The van der Waals surface area contributed by atoms with Gasteiger partial charge in [0.25, 0.3) is 11.6 Å². The highest BCUT2D eigenvalue weighted by Gasteiger charge is 2.20. The minimum atomic E-state index is -0.882. The molecule has 1 amide bonds. The molecule has 0 bridgehead atoms. The van der Waals surface area contributed by atoms with Crippen LogP contribution in [0, 0.1) is 10.1 Å². The quantitative estimate of drug-likeness (QED) is 0.300. The zero-order valence-electron chi connectivity index (χ0n) is 17.9. The summed E-state index contributed by atoms with van der Waals surface area (Å²) in [6, 6.07) is 15.1. The highest BCUT2D eigenvalue weighted by molar-refractivity contribution is 5.94. The summed E-state index contributed by atoms with van der Waals surface area (Å²) in [5.41, 5.74) is 0.502. The first kappa shape index (κ1) is 22.5. The molecule has 9 heteroatoms. The number of non-ortho nitro benzene ring substituents is 1. The summed E-state index contributed by atoms with van der Waals surface area (Å²) in [6.07, 6.45) is 0. The molecule has 0 saturated heterocycles. The molecule has 0 atom stereocenters. The van der Waals surface area contributed by atoms with Gasteiger partial charge in [-0.25, -0.2) is 4.79 Å². The molecule has 0 radical (unpaired) electrons. The Hall–Kier alpha value is -4.14. The third-order valence-electron chi connectivity index (χ3n) is 4.90. The highest BCUT2D eigenvalue weighted by Crippen LogP contribution is 2.25. The van der Waals surface area contributed by atoms with Gasteiger partial charge >= 0.3 is 5.97 Å². The second kappa shape index (κ2) is 9.78. The maximum Gasteiger partial charge on any atom is 0.342 e. The monoisotopic (exact) mass is 438 g/mol. The van der Waals surface area contributed by atoms with Gasteiger partial charge in [0.15, 0.2) is 6.61 Å². The van der Waals surface area contributed by atoms with Crippen molar-refractivity contribution < 1.29 is 28.7 Å². The molecule has 166 valence electrons. The van der Waals surface area contributed by atoms with E-state index in [9.17, 15) is 19.7 Å². The van der Waals surface area contributed by atoms with Crippen LogP contribution >= 0.6 is 0 Å². The first-order chi connectivity index (χ1) is 15.3. The number of fused-ring (bicyclic) bond motifs is 1. The van der Waals surface area contributed by atoms with E-state index in [0.29, 0.717) is 6.54 Å². The third kappa shape index (κ3) is 5.12. The number of amides is 1. The number of methoxy groups -OCH3 is 2. The predicted molar refractivity (Wildman–Crippen MR) is 117 cm³/mol. The Labute approximate surface area is 184 Å². The lowest BCUT2D eigenvalue weighted by molar-refractivity contribution is -0.384. The number of nitrogens with zero attached hydrogens (tertiary/aromatic N) is 2. The van der Waals surface area contributed by atoms with Crippen molar-refractivity contribution in [1.29, 1.82) is 0 Å². The van der Waals surface area contributed by atoms with Crippen molar-refractivity contribution in [2.75, 3.05) is 27.9 Å². The van der Waals surface area contributed by atoms with Crippen molar-refractivity contribution in [3.63, 3.8) is 0 Å². The van der Waals surface area contributed by atoms with Crippen LogP contribution in [0.3, 0.4) is 0 Å². The van der Waals surface area contributed by atoms with E-state index in [4.69, 9.17) is 14.2 Å². The average molecular weight is 438 g/mol. The summed E-state index contributed by atoms with van der Waals surface area (Å²) in [7, 11) is 4.54. The Morgan fingerprint density at radius 1 is 0.969 bits per heavy atom. The molecule has 3 aromatic carbocycles. The van der Waals surface area contributed by atoms with Crippen LogP contribution in [0.5, 0.6) is 11.5 Å². The molecule has 3 aromatic rings. The number of likely N-dealkylation sites (N-methyl/N-ethyl adjacent to an activating group) is 1. The Kier molecular flexibility index (Phi) is 6.89. The Balaban J connectivity index is 1.63. The van der Waals surface area contributed by atoms with E-state index < -0.39 is 23.4 Å². The van der Waals surface area contributed by atoms with Gasteiger partial charge in [-0.3, -0.25) is 14.9 Å². The van der Waals surface area contributed by atoms with Crippen LogP contribution in [-0.4, -0.2) is 49.6 Å². The van der Waals surface area contributed by atoms with Gasteiger partial charge in [-0.05, 0) is 40.6 Å². The summed E-state index contributed by atoms with van der Waals surface area (Å²) in [5, 5.41) is 13.0. The fourth-order valence-electron chi connectivity index (χ4n) is 3.14. The van der Waals surface area contributed by atoms with Crippen LogP contribution in [0.4, 0.5) is 5.69 Å². The zero-order chi connectivity index (χ0) is 23.3. The van der Waals surface area contributed by atoms with Gasteiger partial charge in [0.1, 0.15) is 17.1 Å². The third-order valence-corrected chi connectivity index (χ3v) is 4.90.